The van der Waals surface area contributed by atoms with E-state index in [1.165, 1.54) is 11.3 Å². The molecule has 0 unspecified atom stereocenters. The number of benzene rings is 1. The fourth-order valence-corrected chi connectivity index (χ4v) is 3.18. The van der Waals surface area contributed by atoms with Crippen LogP contribution in [0.1, 0.15) is 52.5 Å². The molecule has 0 bridgehead atoms. The Morgan fingerprint density at radius 3 is 2.21 bits per heavy atom. The van der Waals surface area contributed by atoms with Crippen molar-refractivity contribution >= 4 is 17.7 Å². The highest BCUT2D eigenvalue weighted by Gasteiger charge is 2.25. The lowest BCUT2D eigenvalue weighted by molar-refractivity contribution is -0.143. The zero-order chi connectivity index (χ0) is 20.6. The molecule has 0 N–H and O–H groups in total. The lowest BCUT2D eigenvalue weighted by Gasteiger charge is -2.36. The summed E-state index contributed by atoms with van der Waals surface area (Å²) >= 11 is 0. The Hall–Kier alpha value is -2.24. The summed E-state index contributed by atoms with van der Waals surface area (Å²) < 4.78 is 10.4. The van der Waals surface area contributed by atoms with Gasteiger partial charge in [-0.15, -0.1) is 0 Å². The van der Waals surface area contributed by atoms with E-state index in [4.69, 9.17) is 9.47 Å². The van der Waals surface area contributed by atoms with Crippen LogP contribution in [0.2, 0.25) is 0 Å². The summed E-state index contributed by atoms with van der Waals surface area (Å²) in [6.07, 6.45) is 3.06. The molecule has 6 nitrogen and oxygen atoms in total. The van der Waals surface area contributed by atoms with Crippen LogP contribution >= 0.6 is 0 Å². The van der Waals surface area contributed by atoms with E-state index in [2.05, 4.69) is 29.2 Å². The van der Waals surface area contributed by atoms with Gasteiger partial charge >= 0.3 is 12.1 Å². The Bertz CT molecular complexity index is 629. The van der Waals surface area contributed by atoms with Gasteiger partial charge < -0.3 is 19.3 Å². The van der Waals surface area contributed by atoms with Gasteiger partial charge in [-0.25, -0.2) is 4.79 Å². The van der Waals surface area contributed by atoms with Gasteiger partial charge in [0.15, 0.2) is 0 Å². The van der Waals surface area contributed by atoms with Crippen molar-refractivity contribution in [2.24, 2.45) is 0 Å². The number of nitrogens with zero attached hydrogens (tertiary/aromatic N) is 2. The number of ether oxygens (including phenoxy) is 2. The summed E-state index contributed by atoms with van der Waals surface area (Å²) in [6, 6.07) is 8.59. The van der Waals surface area contributed by atoms with E-state index in [9.17, 15) is 9.59 Å². The molecule has 1 aliphatic rings. The monoisotopic (exact) mass is 390 g/mol. The molecule has 2 rings (SSSR count). The molecule has 28 heavy (non-hydrogen) atoms. The van der Waals surface area contributed by atoms with Crippen molar-refractivity contribution in [2.45, 2.75) is 59.0 Å². The number of hydrogen-bond acceptors (Lipinski definition) is 5. The zero-order valence-corrected chi connectivity index (χ0v) is 17.7. The number of anilines is 1. The van der Waals surface area contributed by atoms with Crippen LogP contribution in [0.15, 0.2) is 24.3 Å². The van der Waals surface area contributed by atoms with Crippen molar-refractivity contribution in [3.05, 3.63) is 29.8 Å². The maximum atomic E-state index is 12.2. The normalized spacial score (nSPS) is 14.7. The van der Waals surface area contributed by atoms with E-state index in [1.54, 1.807) is 4.90 Å². The van der Waals surface area contributed by atoms with E-state index in [0.717, 1.165) is 32.4 Å². The molecule has 0 atom stereocenters. The van der Waals surface area contributed by atoms with Crippen molar-refractivity contribution in [1.29, 1.82) is 0 Å². The third-order valence-corrected chi connectivity index (χ3v) is 4.63. The van der Waals surface area contributed by atoms with Crippen LogP contribution in [-0.2, 0) is 20.7 Å². The first kappa shape index (κ1) is 22.1. The number of piperazine rings is 1. The lowest BCUT2D eigenvalue weighted by atomic mass is 10.1. The minimum atomic E-state index is -0.458. The number of aryl methyl sites for hydroxylation is 1. The fourth-order valence-electron chi connectivity index (χ4n) is 3.18. The molecule has 1 aromatic rings. The molecule has 156 valence electrons. The molecule has 1 saturated heterocycles. The van der Waals surface area contributed by atoms with Crippen molar-refractivity contribution in [3.63, 3.8) is 0 Å². The molecule has 1 fully saturated rings. The SMILES string of the molecule is CCOC(=O)CCCCc1ccc(N2CCN(C(=O)OC(C)(C)C)CC2)cc1. The molecule has 0 spiro atoms. The number of rotatable bonds is 7. The standard InChI is InChI=1S/C22H34N2O4/c1-5-27-20(25)9-7-6-8-18-10-12-19(13-11-18)23-14-16-24(17-15-23)21(26)28-22(2,3)4/h10-13H,5-9,14-17H2,1-4H3. The predicted molar refractivity (Wildman–Crippen MR) is 111 cm³/mol. The maximum Gasteiger partial charge on any atom is 0.410 e. The van der Waals surface area contributed by atoms with Crippen molar-refractivity contribution in [1.82, 2.24) is 4.90 Å². The highest BCUT2D eigenvalue weighted by atomic mass is 16.6. The largest absolute Gasteiger partial charge is 0.466 e. The molecule has 1 amide bonds. The molecule has 0 radical (unpaired) electrons. The van der Waals surface area contributed by atoms with Gasteiger partial charge in [-0.2, -0.15) is 0 Å². The Labute approximate surface area is 168 Å². The first-order valence-electron chi connectivity index (χ1n) is 10.3. The van der Waals surface area contributed by atoms with Gasteiger partial charge in [-0.05, 0) is 64.7 Å². The summed E-state index contributed by atoms with van der Waals surface area (Å²) in [6.45, 7) is 10.9. The second kappa shape index (κ2) is 10.3. The number of unbranched alkanes of at least 4 members (excludes halogenated alkanes) is 1. The third-order valence-electron chi connectivity index (χ3n) is 4.63. The summed E-state index contributed by atoms with van der Waals surface area (Å²) in [5.74, 6) is -0.108. The number of esters is 1. The molecular formula is C22H34N2O4. The Morgan fingerprint density at radius 1 is 1.00 bits per heavy atom. The van der Waals surface area contributed by atoms with E-state index >= 15 is 0 Å². The first-order valence-corrected chi connectivity index (χ1v) is 10.3. The Morgan fingerprint density at radius 2 is 1.64 bits per heavy atom. The average Bonchev–Trinajstić information content (AvgIpc) is 2.65. The molecule has 0 saturated carbocycles. The lowest BCUT2D eigenvalue weighted by Crippen LogP contribution is -2.50. The minimum Gasteiger partial charge on any atom is -0.466 e. The van der Waals surface area contributed by atoms with Gasteiger partial charge in [0.05, 0.1) is 6.61 Å². The van der Waals surface area contributed by atoms with E-state index in [1.807, 2.05) is 27.7 Å². The van der Waals surface area contributed by atoms with Gasteiger partial charge in [0, 0.05) is 38.3 Å². The van der Waals surface area contributed by atoms with Crippen molar-refractivity contribution in [2.75, 3.05) is 37.7 Å². The van der Waals surface area contributed by atoms with Gasteiger partial charge in [0.2, 0.25) is 0 Å². The maximum absolute atomic E-state index is 12.2. The van der Waals surface area contributed by atoms with Crippen LogP contribution < -0.4 is 4.90 Å². The van der Waals surface area contributed by atoms with Crippen LogP contribution in [0.25, 0.3) is 0 Å². The summed E-state index contributed by atoms with van der Waals surface area (Å²) in [5, 5.41) is 0. The van der Waals surface area contributed by atoms with Crippen molar-refractivity contribution < 1.29 is 19.1 Å². The number of carbonyl (C=O) groups excluding carboxylic acids is 2. The number of amides is 1. The fraction of sp³-hybridized carbons (Fsp3) is 0.636. The number of hydrogen-bond donors (Lipinski definition) is 0. The molecule has 0 aliphatic carbocycles. The Kier molecular flexibility index (Phi) is 8.15. The van der Waals surface area contributed by atoms with Crippen LogP contribution in [0.4, 0.5) is 10.5 Å². The third kappa shape index (κ3) is 7.41. The minimum absolute atomic E-state index is 0.108. The smallest absolute Gasteiger partial charge is 0.410 e. The van der Waals surface area contributed by atoms with Gasteiger partial charge in [-0.3, -0.25) is 4.79 Å². The van der Waals surface area contributed by atoms with E-state index in [-0.39, 0.29) is 12.1 Å². The van der Waals surface area contributed by atoms with Gasteiger partial charge in [-0.1, -0.05) is 12.1 Å². The summed E-state index contributed by atoms with van der Waals surface area (Å²) in [7, 11) is 0. The summed E-state index contributed by atoms with van der Waals surface area (Å²) in [5.41, 5.74) is 2.00. The molecule has 6 heteroatoms. The van der Waals surface area contributed by atoms with Gasteiger partial charge in [0.25, 0.3) is 0 Å². The second-order valence-corrected chi connectivity index (χ2v) is 8.13. The Balaban J connectivity index is 1.74. The second-order valence-electron chi connectivity index (χ2n) is 8.13. The number of carbonyl (C=O) groups is 2. The molecule has 0 aromatic heterocycles. The van der Waals surface area contributed by atoms with Crippen LogP contribution in [-0.4, -0.2) is 55.3 Å². The predicted octanol–water partition coefficient (Wildman–Crippen LogP) is 4.02. The topological polar surface area (TPSA) is 59.1 Å². The summed E-state index contributed by atoms with van der Waals surface area (Å²) in [4.78, 5) is 27.6. The van der Waals surface area contributed by atoms with Crippen LogP contribution in [0.5, 0.6) is 0 Å². The van der Waals surface area contributed by atoms with Crippen molar-refractivity contribution in [3.8, 4) is 0 Å². The molecule has 1 aliphatic heterocycles. The highest BCUT2D eigenvalue weighted by molar-refractivity contribution is 5.69. The van der Waals surface area contributed by atoms with E-state index in [0.29, 0.717) is 26.1 Å². The van der Waals surface area contributed by atoms with E-state index < -0.39 is 5.60 Å². The highest BCUT2D eigenvalue weighted by Crippen LogP contribution is 2.19. The van der Waals surface area contributed by atoms with Crippen LogP contribution in [0, 0.1) is 0 Å². The quantitative estimate of drug-likeness (QED) is 0.520. The average molecular weight is 391 g/mol. The molecular weight excluding hydrogens is 356 g/mol. The van der Waals surface area contributed by atoms with Crippen LogP contribution in [0.3, 0.4) is 0 Å². The molecule has 1 aromatic carbocycles. The van der Waals surface area contributed by atoms with Gasteiger partial charge in [0.1, 0.15) is 5.60 Å². The zero-order valence-electron chi connectivity index (χ0n) is 17.7. The molecule has 1 heterocycles. The first-order chi connectivity index (χ1) is 13.3.